The Balaban J connectivity index is 2.62. The van der Waals surface area contributed by atoms with Crippen molar-refractivity contribution < 1.29 is 13.5 Å². The largest absolute Gasteiger partial charge is 0.493 e. The summed E-state index contributed by atoms with van der Waals surface area (Å²) in [5, 5.41) is 0. The van der Waals surface area contributed by atoms with Gasteiger partial charge in [-0.1, -0.05) is 0 Å². The van der Waals surface area contributed by atoms with Gasteiger partial charge in [-0.25, -0.2) is 9.37 Å². The molecule has 0 fully saturated rings. The van der Waals surface area contributed by atoms with Crippen LogP contribution in [0, 0.1) is 11.6 Å². The van der Waals surface area contributed by atoms with E-state index in [1.54, 1.807) is 0 Å². The van der Waals surface area contributed by atoms with Gasteiger partial charge in [0.1, 0.15) is 0 Å². The molecule has 0 saturated heterocycles. The smallest absolute Gasteiger partial charge is 0.201 e. The summed E-state index contributed by atoms with van der Waals surface area (Å²) in [6, 6.07) is 2.48. The minimum atomic E-state index is -0.996. The van der Waals surface area contributed by atoms with Crippen molar-refractivity contribution in [2.75, 3.05) is 7.11 Å². The van der Waals surface area contributed by atoms with E-state index in [9.17, 15) is 8.78 Å². The molecule has 0 unspecified atom stereocenters. The van der Waals surface area contributed by atoms with Crippen molar-refractivity contribution in [2.45, 2.75) is 0 Å². The van der Waals surface area contributed by atoms with Gasteiger partial charge in [-0.3, -0.25) is 0 Å². The molecule has 1 heterocycles. The molecule has 3 nitrogen and oxygen atoms in total. The highest BCUT2D eigenvalue weighted by Crippen LogP contribution is 2.31. The second-order valence-electron chi connectivity index (χ2n) is 2.91. The highest BCUT2D eigenvalue weighted by Gasteiger charge is 2.15. The molecule has 2 rings (SSSR count). The van der Waals surface area contributed by atoms with E-state index in [1.807, 2.05) is 0 Å². The van der Waals surface area contributed by atoms with Gasteiger partial charge in [0.25, 0.3) is 0 Å². The Bertz CT molecular complexity index is 469. The number of hydrogen-bond acceptors (Lipinski definition) is 2. The van der Waals surface area contributed by atoms with Crippen molar-refractivity contribution in [1.82, 2.24) is 9.97 Å². The molecule has 0 radical (unpaired) electrons. The molecule has 1 aromatic carbocycles. The number of hydrogen-bond donors (Lipinski definition) is 1. The van der Waals surface area contributed by atoms with Crippen LogP contribution in [0.4, 0.5) is 8.78 Å². The Kier molecular flexibility index (Phi) is 2.37. The summed E-state index contributed by atoms with van der Waals surface area (Å²) >= 11 is 0. The molecule has 0 atom stereocenters. The third kappa shape index (κ3) is 1.56. The van der Waals surface area contributed by atoms with Crippen LogP contribution >= 0.6 is 0 Å². The molecule has 0 amide bonds. The molecule has 78 valence electrons. The van der Waals surface area contributed by atoms with E-state index >= 15 is 0 Å². The minimum absolute atomic E-state index is 0.126. The lowest BCUT2D eigenvalue weighted by Crippen LogP contribution is -1.95. The van der Waals surface area contributed by atoms with Gasteiger partial charge < -0.3 is 9.72 Å². The lowest BCUT2D eigenvalue weighted by molar-refractivity contribution is 0.373. The summed E-state index contributed by atoms with van der Waals surface area (Å²) in [4.78, 5) is 6.59. The quantitative estimate of drug-likeness (QED) is 0.826. The minimum Gasteiger partial charge on any atom is -0.493 e. The normalized spacial score (nSPS) is 10.3. The summed E-state index contributed by atoms with van der Waals surface area (Å²) in [7, 11) is 1.29. The van der Waals surface area contributed by atoms with Gasteiger partial charge >= 0.3 is 0 Å². The summed E-state index contributed by atoms with van der Waals surface area (Å²) in [5.74, 6) is -2.06. The Morgan fingerprint density at radius 2 is 2.13 bits per heavy atom. The third-order valence-corrected chi connectivity index (χ3v) is 2.04. The summed E-state index contributed by atoms with van der Waals surface area (Å²) < 4.78 is 31.0. The van der Waals surface area contributed by atoms with Crippen LogP contribution in [0.15, 0.2) is 24.7 Å². The average Bonchev–Trinajstić information content (AvgIpc) is 2.75. The van der Waals surface area contributed by atoms with Gasteiger partial charge in [0.2, 0.25) is 5.82 Å². The van der Waals surface area contributed by atoms with Crippen LogP contribution in [-0.4, -0.2) is 17.1 Å². The molecule has 1 aromatic heterocycles. The molecular weight excluding hydrogens is 202 g/mol. The van der Waals surface area contributed by atoms with Gasteiger partial charge in [0, 0.05) is 5.56 Å². The number of nitrogens with one attached hydrogen (secondary N) is 1. The second kappa shape index (κ2) is 3.68. The zero-order valence-electron chi connectivity index (χ0n) is 7.92. The number of aromatic nitrogens is 2. The molecule has 0 aliphatic carbocycles. The predicted octanol–water partition coefficient (Wildman–Crippen LogP) is 2.36. The zero-order valence-corrected chi connectivity index (χ0v) is 7.92. The Hall–Kier alpha value is -1.91. The topological polar surface area (TPSA) is 37.9 Å². The maximum absolute atomic E-state index is 13.3. The maximum atomic E-state index is 13.3. The molecule has 0 aliphatic heterocycles. The standard InChI is InChI=1S/C10H8F2N2O/c1-15-10-6(8-4-13-5-14-8)2-3-7(11)9(10)12/h2-5H,1H3,(H,13,14). The number of H-pyrrole nitrogens is 1. The molecule has 1 N–H and O–H groups in total. The molecule has 0 aliphatic rings. The monoisotopic (exact) mass is 210 g/mol. The van der Waals surface area contributed by atoms with Gasteiger partial charge in [0.15, 0.2) is 11.6 Å². The third-order valence-electron chi connectivity index (χ3n) is 2.04. The fourth-order valence-electron chi connectivity index (χ4n) is 1.35. The van der Waals surface area contributed by atoms with E-state index in [4.69, 9.17) is 4.74 Å². The number of nitrogens with zero attached hydrogens (tertiary/aromatic N) is 1. The van der Waals surface area contributed by atoms with Crippen molar-refractivity contribution in [2.24, 2.45) is 0 Å². The Morgan fingerprint density at radius 1 is 1.33 bits per heavy atom. The number of aromatic amines is 1. The van der Waals surface area contributed by atoms with Gasteiger partial charge in [-0.15, -0.1) is 0 Å². The van der Waals surface area contributed by atoms with Crippen LogP contribution in [0.3, 0.4) is 0 Å². The second-order valence-corrected chi connectivity index (χ2v) is 2.91. The van der Waals surface area contributed by atoms with Crippen molar-refractivity contribution in [3.63, 3.8) is 0 Å². The van der Waals surface area contributed by atoms with Crippen molar-refractivity contribution in [3.05, 3.63) is 36.3 Å². The first-order chi connectivity index (χ1) is 7.24. The van der Waals surface area contributed by atoms with E-state index < -0.39 is 11.6 Å². The Labute approximate surface area is 84.7 Å². The summed E-state index contributed by atoms with van der Waals surface area (Å²) in [5.41, 5.74) is 1.01. The average molecular weight is 210 g/mol. The molecular formula is C10H8F2N2O. The molecule has 0 bridgehead atoms. The first-order valence-electron chi connectivity index (χ1n) is 4.24. The van der Waals surface area contributed by atoms with Crippen molar-refractivity contribution in [1.29, 1.82) is 0 Å². The first kappa shape index (κ1) is 9.64. The predicted molar refractivity (Wildman–Crippen MR) is 50.5 cm³/mol. The first-order valence-corrected chi connectivity index (χ1v) is 4.24. The number of benzene rings is 1. The molecule has 5 heteroatoms. The van der Waals surface area contributed by atoms with E-state index in [-0.39, 0.29) is 5.75 Å². The van der Waals surface area contributed by atoms with Crippen LogP contribution < -0.4 is 4.74 Å². The number of imidazole rings is 1. The van der Waals surface area contributed by atoms with Crippen LogP contribution in [0.2, 0.25) is 0 Å². The lowest BCUT2D eigenvalue weighted by atomic mass is 10.1. The SMILES string of the molecule is COc1c(-c2cnc[nH]2)ccc(F)c1F. The molecule has 2 aromatic rings. The van der Waals surface area contributed by atoms with Crippen LogP contribution in [-0.2, 0) is 0 Å². The number of halogens is 2. The number of ether oxygens (including phenoxy) is 1. The molecule has 0 saturated carbocycles. The number of rotatable bonds is 2. The van der Waals surface area contributed by atoms with Crippen LogP contribution in [0.25, 0.3) is 11.3 Å². The number of methoxy groups -OCH3 is 1. The van der Waals surface area contributed by atoms with E-state index in [0.717, 1.165) is 6.07 Å². The zero-order chi connectivity index (χ0) is 10.8. The van der Waals surface area contributed by atoms with E-state index in [2.05, 4.69) is 9.97 Å². The highest BCUT2D eigenvalue weighted by molar-refractivity contribution is 5.66. The Morgan fingerprint density at radius 3 is 2.73 bits per heavy atom. The van der Waals surface area contributed by atoms with Gasteiger partial charge in [-0.05, 0) is 12.1 Å². The van der Waals surface area contributed by atoms with Crippen molar-refractivity contribution in [3.8, 4) is 17.0 Å². The van der Waals surface area contributed by atoms with Gasteiger partial charge in [-0.2, -0.15) is 4.39 Å². The van der Waals surface area contributed by atoms with Gasteiger partial charge in [0.05, 0.1) is 25.3 Å². The van der Waals surface area contributed by atoms with E-state index in [1.165, 1.54) is 25.7 Å². The van der Waals surface area contributed by atoms with Crippen LogP contribution in [0.5, 0.6) is 5.75 Å². The summed E-state index contributed by atoms with van der Waals surface area (Å²) in [6.45, 7) is 0. The fraction of sp³-hybridized carbons (Fsp3) is 0.100. The van der Waals surface area contributed by atoms with Crippen LogP contribution in [0.1, 0.15) is 0 Å². The lowest BCUT2D eigenvalue weighted by Gasteiger charge is -2.07. The van der Waals surface area contributed by atoms with E-state index in [0.29, 0.717) is 11.3 Å². The summed E-state index contributed by atoms with van der Waals surface area (Å²) in [6.07, 6.45) is 2.96. The van der Waals surface area contributed by atoms with Crippen molar-refractivity contribution >= 4 is 0 Å². The highest BCUT2D eigenvalue weighted by atomic mass is 19.2. The fourth-order valence-corrected chi connectivity index (χ4v) is 1.35. The molecule has 0 spiro atoms. The molecule has 15 heavy (non-hydrogen) atoms. The maximum Gasteiger partial charge on any atom is 0.201 e.